The van der Waals surface area contributed by atoms with Crippen LogP contribution in [-0.4, -0.2) is 33.1 Å². The van der Waals surface area contributed by atoms with Crippen LogP contribution < -0.4 is 15.8 Å². The molecule has 0 bridgehead atoms. The number of fused-ring (bicyclic) bond motifs is 1. The van der Waals surface area contributed by atoms with E-state index in [-0.39, 0.29) is 16.4 Å². The quantitative estimate of drug-likeness (QED) is 0.798. The highest BCUT2D eigenvalue weighted by atomic mass is 32.2. The van der Waals surface area contributed by atoms with Crippen LogP contribution >= 0.6 is 0 Å². The topological polar surface area (TPSA) is 93.3 Å². The van der Waals surface area contributed by atoms with Gasteiger partial charge in [-0.2, -0.15) is 0 Å². The van der Waals surface area contributed by atoms with E-state index < -0.39 is 15.8 Å². The highest BCUT2D eigenvalue weighted by molar-refractivity contribution is 7.89. The van der Waals surface area contributed by atoms with Crippen LogP contribution in [0.25, 0.3) is 11.1 Å². The maximum atomic E-state index is 12.2. The minimum atomic E-state index is -3.62. The van der Waals surface area contributed by atoms with Gasteiger partial charge in [-0.15, -0.1) is 0 Å². The molecule has 0 amide bonds. The first-order valence-electron chi connectivity index (χ1n) is 6.59. The number of benzene rings is 1. The Morgan fingerprint density at radius 1 is 1.33 bits per heavy atom. The van der Waals surface area contributed by atoms with Crippen molar-refractivity contribution >= 4 is 21.1 Å². The lowest BCUT2D eigenvalue weighted by atomic mass is 10.2. The molecule has 1 heterocycles. The van der Waals surface area contributed by atoms with Crippen LogP contribution in [0.4, 0.5) is 0 Å². The molecule has 116 valence electrons. The maximum absolute atomic E-state index is 12.2. The zero-order valence-corrected chi connectivity index (χ0v) is 13.0. The third-order valence-corrected chi connectivity index (χ3v) is 4.67. The average molecular weight is 313 g/mol. The molecule has 0 radical (unpaired) electrons. The fraction of sp³-hybridized carbons (Fsp3) is 0.462. The lowest BCUT2D eigenvalue weighted by Crippen LogP contribution is -2.32. The van der Waals surface area contributed by atoms with Crippen molar-refractivity contribution in [3.05, 3.63) is 28.7 Å². The fourth-order valence-electron chi connectivity index (χ4n) is 2.04. The first-order chi connectivity index (χ1) is 9.85. The molecule has 21 heavy (non-hydrogen) atoms. The van der Waals surface area contributed by atoms with Crippen LogP contribution in [0.15, 0.2) is 32.3 Å². The van der Waals surface area contributed by atoms with Crippen molar-refractivity contribution in [2.24, 2.45) is 13.0 Å². The van der Waals surface area contributed by atoms with Crippen molar-refractivity contribution in [1.82, 2.24) is 14.6 Å². The van der Waals surface area contributed by atoms with Crippen molar-refractivity contribution in [2.45, 2.75) is 11.8 Å². The van der Waals surface area contributed by atoms with Crippen molar-refractivity contribution in [3.63, 3.8) is 0 Å². The summed E-state index contributed by atoms with van der Waals surface area (Å²) in [5, 5.41) is 2.99. The Labute approximate surface area is 123 Å². The second kappa shape index (κ2) is 6.00. The maximum Gasteiger partial charge on any atom is 0.419 e. The number of hydrogen-bond donors (Lipinski definition) is 2. The Hall–Kier alpha value is -1.64. The predicted molar refractivity (Wildman–Crippen MR) is 79.7 cm³/mol. The summed E-state index contributed by atoms with van der Waals surface area (Å²) in [6.45, 7) is 2.99. The van der Waals surface area contributed by atoms with E-state index in [0.717, 1.165) is 6.54 Å². The van der Waals surface area contributed by atoms with E-state index >= 15 is 0 Å². The van der Waals surface area contributed by atoms with Crippen molar-refractivity contribution < 1.29 is 12.8 Å². The Morgan fingerprint density at radius 2 is 2.05 bits per heavy atom. The van der Waals surface area contributed by atoms with Gasteiger partial charge in [0.15, 0.2) is 5.58 Å². The van der Waals surface area contributed by atoms with Gasteiger partial charge < -0.3 is 9.73 Å². The second-order valence-corrected chi connectivity index (χ2v) is 6.84. The Bertz CT molecular complexity index is 791. The third kappa shape index (κ3) is 3.34. The number of sulfonamides is 1. The van der Waals surface area contributed by atoms with Crippen LogP contribution in [0, 0.1) is 5.92 Å². The summed E-state index contributed by atoms with van der Waals surface area (Å²) in [7, 11) is -0.233. The molecular weight excluding hydrogens is 294 g/mol. The summed E-state index contributed by atoms with van der Waals surface area (Å²) in [5.74, 6) is -0.349. The van der Waals surface area contributed by atoms with Gasteiger partial charge in [-0.25, -0.2) is 17.9 Å². The molecule has 0 fully saturated rings. The standard InChI is InChI=1S/C13H19N3O4S/c1-9(7-14-2)8-15-21(18,19)10-4-5-11-12(6-10)20-13(17)16(11)3/h4-6,9,14-15H,7-8H2,1-3H3. The van der Waals surface area contributed by atoms with Gasteiger partial charge in [0.05, 0.1) is 10.4 Å². The van der Waals surface area contributed by atoms with Crippen LogP contribution in [0.2, 0.25) is 0 Å². The van der Waals surface area contributed by atoms with E-state index in [0.29, 0.717) is 12.1 Å². The molecule has 0 saturated carbocycles. The van der Waals surface area contributed by atoms with Gasteiger partial charge in [0.2, 0.25) is 10.0 Å². The number of nitrogens with zero attached hydrogens (tertiary/aromatic N) is 1. The summed E-state index contributed by atoms with van der Waals surface area (Å²) in [5.41, 5.74) is 0.816. The van der Waals surface area contributed by atoms with Gasteiger partial charge in [-0.05, 0) is 31.6 Å². The number of nitrogens with one attached hydrogen (secondary N) is 2. The van der Waals surface area contributed by atoms with E-state index in [2.05, 4.69) is 10.0 Å². The molecule has 2 aromatic rings. The Morgan fingerprint density at radius 3 is 2.71 bits per heavy atom. The lowest BCUT2D eigenvalue weighted by molar-refractivity contribution is 0.518. The predicted octanol–water partition coefficient (Wildman–Crippen LogP) is 0.265. The molecule has 0 aliphatic rings. The van der Waals surface area contributed by atoms with Gasteiger partial charge in [-0.3, -0.25) is 4.57 Å². The molecule has 2 N–H and O–H groups in total. The minimum Gasteiger partial charge on any atom is -0.408 e. The normalized spacial score (nSPS) is 13.7. The van der Waals surface area contributed by atoms with Crippen LogP contribution in [0.3, 0.4) is 0 Å². The molecule has 8 heteroatoms. The molecular formula is C13H19N3O4S. The van der Waals surface area contributed by atoms with E-state index in [1.807, 2.05) is 14.0 Å². The van der Waals surface area contributed by atoms with Gasteiger partial charge in [-0.1, -0.05) is 6.92 Å². The molecule has 1 aromatic heterocycles. The summed E-state index contributed by atoms with van der Waals surface area (Å²) in [6.07, 6.45) is 0. The number of rotatable bonds is 6. The van der Waals surface area contributed by atoms with E-state index in [9.17, 15) is 13.2 Å². The first-order valence-corrected chi connectivity index (χ1v) is 8.07. The van der Waals surface area contributed by atoms with Gasteiger partial charge in [0.25, 0.3) is 0 Å². The third-order valence-electron chi connectivity index (χ3n) is 3.25. The molecule has 1 aromatic carbocycles. The van der Waals surface area contributed by atoms with Crippen LogP contribution in [0.5, 0.6) is 0 Å². The lowest BCUT2D eigenvalue weighted by Gasteiger charge is -2.12. The number of hydrogen-bond acceptors (Lipinski definition) is 5. The van der Waals surface area contributed by atoms with E-state index in [1.165, 1.54) is 16.7 Å². The molecule has 0 aliphatic carbocycles. The van der Waals surface area contributed by atoms with Gasteiger partial charge >= 0.3 is 5.76 Å². The van der Waals surface area contributed by atoms with E-state index in [4.69, 9.17) is 4.42 Å². The van der Waals surface area contributed by atoms with E-state index in [1.54, 1.807) is 13.1 Å². The summed E-state index contributed by atoms with van der Waals surface area (Å²) in [6, 6.07) is 4.38. The number of oxazole rings is 1. The molecule has 0 aliphatic heterocycles. The molecule has 0 spiro atoms. The average Bonchev–Trinajstić information content (AvgIpc) is 2.72. The number of aryl methyl sites for hydroxylation is 1. The highest BCUT2D eigenvalue weighted by Crippen LogP contribution is 2.17. The second-order valence-electron chi connectivity index (χ2n) is 5.07. The number of aromatic nitrogens is 1. The van der Waals surface area contributed by atoms with Crippen molar-refractivity contribution in [1.29, 1.82) is 0 Å². The monoisotopic (exact) mass is 313 g/mol. The largest absolute Gasteiger partial charge is 0.419 e. The highest BCUT2D eigenvalue weighted by Gasteiger charge is 2.17. The Balaban J connectivity index is 2.26. The van der Waals surface area contributed by atoms with Crippen LogP contribution in [-0.2, 0) is 17.1 Å². The zero-order chi connectivity index (χ0) is 15.6. The summed E-state index contributed by atoms with van der Waals surface area (Å²) in [4.78, 5) is 11.5. The fourth-order valence-corrected chi connectivity index (χ4v) is 3.22. The summed E-state index contributed by atoms with van der Waals surface area (Å²) < 4.78 is 33.3. The molecule has 1 unspecified atom stereocenters. The molecule has 0 saturated heterocycles. The van der Waals surface area contributed by atoms with Crippen molar-refractivity contribution in [3.8, 4) is 0 Å². The van der Waals surface area contributed by atoms with Gasteiger partial charge in [0, 0.05) is 19.7 Å². The SMILES string of the molecule is CNCC(C)CNS(=O)(=O)c1ccc2c(c1)oc(=O)n2C. The minimum absolute atomic E-state index is 0.0843. The molecule has 1 atom stereocenters. The summed E-state index contributed by atoms with van der Waals surface area (Å²) >= 11 is 0. The zero-order valence-electron chi connectivity index (χ0n) is 12.2. The first kappa shape index (κ1) is 15.7. The molecule has 7 nitrogen and oxygen atoms in total. The van der Waals surface area contributed by atoms with Crippen molar-refractivity contribution in [2.75, 3.05) is 20.1 Å². The van der Waals surface area contributed by atoms with Crippen LogP contribution in [0.1, 0.15) is 6.92 Å². The van der Waals surface area contributed by atoms with Gasteiger partial charge in [0.1, 0.15) is 0 Å². The smallest absolute Gasteiger partial charge is 0.408 e. The Kier molecular flexibility index (Phi) is 4.50. The molecule has 2 rings (SSSR count).